The molecule has 0 radical (unpaired) electrons. The quantitative estimate of drug-likeness (QED) is 0.876. The predicted octanol–water partition coefficient (Wildman–Crippen LogP) is 1.73. The van der Waals surface area contributed by atoms with Gasteiger partial charge in [-0.1, -0.05) is 0 Å². The summed E-state index contributed by atoms with van der Waals surface area (Å²) >= 11 is 3.11. The molecule has 0 fully saturated rings. The van der Waals surface area contributed by atoms with E-state index in [0.29, 0.717) is 4.47 Å². The molecule has 0 amide bonds. The number of nitrogens with zero attached hydrogens (tertiary/aromatic N) is 1. The average Bonchev–Trinajstić information content (AvgIpc) is 2.16. The molecule has 1 aromatic rings. The molecule has 0 aliphatic rings. The maximum absolute atomic E-state index is 12.4. The molecule has 0 spiro atoms. The van der Waals surface area contributed by atoms with Crippen molar-refractivity contribution in [3.8, 4) is 0 Å². The van der Waals surface area contributed by atoms with E-state index in [2.05, 4.69) is 20.9 Å². The van der Waals surface area contributed by atoms with E-state index in [0.717, 1.165) is 0 Å². The number of aliphatic hydroxyl groups is 1. The molecule has 0 unspecified atom stereocenters. The van der Waals surface area contributed by atoms with Crippen LogP contribution in [0.2, 0.25) is 0 Å². The largest absolute Gasteiger partial charge is 0.390 e. The molecule has 0 atom stereocenters. The third kappa shape index (κ3) is 2.26. The number of alkyl halides is 2. The summed E-state index contributed by atoms with van der Waals surface area (Å²) in [7, 11) is 0. The number of rotatable bonds is 3. The summed E-state index contributed by atoms with van der Waals surface area (Å²) in [4.78, 5) is 3.63. The van der Waals surface area contributed by atoms with Gasteiger partial charge in [0.05, 0.1) is 12.3 Å². The first-order valence-electron chi connectivity index (χ1n) is 3.87. The standard InChI is InChI=1S/C8H9BrF2N2O/c9-5-1-4(2-12)7(8(10)11)13-6(5)3-14/h1,8,14H,2-3,12H2. The molecular weight excluding hydrogens is 258 g/mol. The fourth-order valence-electron chi connectivity index (χ4n) is 1.04. The summed E-state index contributed by atoms with van der Waals surface area (Å²) in [6, 6.07) is 1.46. The molecule has 3 N–H and O–H groups in total. The smallest absolute Gasteiger partial charge is 0.280 e. The molecule has 78 valence electrons. The van der Waals surface area contributed by atoms with Crippen molar-refractivity contribution in [1.29, 1.82) is 0 Å². The third-order valence-electron chi connectivity index (χ3n) is 1.74. The van der Waals surface area contributed by atoms with Crippen LogP contribution < -0.4 is 5.73 Å². The molecule has 0 aliphatic heterocycles. The fraction of sp³-hybridized carbons (Fsp3) is 0.375. The molecule has 3 nitrogen and oxygen atoms in total. The normalized spacial score (nSPS) is 11.0. The number of aliphatic hydroxyl groups excluding tert-OH is 1. The Hall–Kier alpha value is -0.590. The second kappa shape index (κ2) is 4.77. The SMILES string of the molecule is NCc1cc(Br)c(CO)nc1C(F)F. The first kappa shape index (κ1) is 11.5. The highest BCUT2D eigenvalue weighted by Gasteiger charge is 2.16. The highest BCUT2D eigenvalue weighted by Crippen LogP contribution is 2.25. The van der Waals surface area contributed by atoms with Crippen LogP contribution in [0.5, 0.6) is 0 Å². The third-order valence-corrected chi connectivity index (χ3v) is 2.42. The molecule has 1 aromatic heterocycles. The van der Waals surface area contributed by atoms with Gasteiger partial charge in [-0.05, 0) is 27.6 Å². The lowest BCUT2D eigenvalue weighted by atomic mass is 10.2. The van der Waals surface area contributed by atoms with Gasteiger partial charge in [0.2, 0.25) is 0 Å². The van der Waals surface area contributed by atoms with Crippen molar-refractivity contribution in [3.05, 3.63) is 27.5 Å². The zero-order valence-electron chi connectivity index (χ0n) is 7.17. The fourth-order valence-corrected chi connectivity index (χ4v) is 1.53. The Morgan fingerprint density at radius 3 is 2.64 bits per heavy atom. The van der Waals surface area contributed by atoms with Crippen LogP contribution in [0, 0.1) is 0 Å². The number of aromatic nitrogens is 1. The summed E-state index contributed by atoms with van der Waals surface area (Å²) in [5, 5.41) is 8.82. The van der Waals surface area contributed by atoms with E-state index in [9.17, 15) is 8.78 Å². The van der Waals surface area contributed by atoms with Gasteiger partial charge in [-0.25, -0.2) is 13.8 Å². The minimum atomic E-state index is -2.67. The van der Waals surface area contributed by atoms with Crippen molar-refractivity contribution < 1.29 is 13.9 Å². The van der Waals surface area contributed by atoms with E-state index in [1.165, 1.54) is 6.07 Å². The van der Waals surface area contributed by atoms with Crippen LogP contribution in [0.15, 0.2) is 10.5 Å². The number of halogens is 3. The van der Waals surface area contributed by atoms with E-state index in [-0.39, 0.29) is 30.1 Å². The van der Waals surface area contributed by atoms with Gasteiger partial charge in [0.25, 0.3) is 6.43 Å². The first-order chi connectivity index (χ1) is 6.60. The Kier molecular flexibility index (Phi) is 3.91. The lowest BCUT2D eigenvalue weighted by Crippen LogP contribution is -2.07. The Morgan fingerprint density at radius 2 is 2.21 bits per heavy atom. The van der Waals surface area contributed by atoms with E-state index in [1.54, 1.807) is 0 Å². The zero-order valence-corrected chi connectivity index (χ0v) is 8.76. The molecular formula is C8H9BrF2N2O. The predicted molar refractivity (Wildman–Crippen MR) is 50.7 cm³/mol. The van der Waals surface area contributed by atoms with Crippen LogP contribution in [0.25, 0.3) is 0 Å². The van der Waals surface area contributed by atoms with Crippen LogP contribution in [-0.2, 0) is 13.2 Å². The second-order valence-corrected chi connectivity index (χ2v) is 3.48. The minimum absolute atomic E-state index is 0.00299. The summed E-state index contributed by atoms with van der Waals surface area (Å²) in [6.45, 7) is -0.387. The molecule has 0 saturated heterocycles. The van der Waals surface area contributed by atoms with Crippen molar-refractivity contribution in [3.63, 3.8) is 0 Å². The molecule has 0 saturated carbocycles. The van der Waals surface area contributed by atoms with Crippen molar-refractivity contribution >= 4 is 15.9 Å². The summed E-state index contributed by atoms with van der Waals surface area (Å²) in [5.74, 6) is 0. The van der Waals surface area contributed by atoms with Crippen LogP contribution >= 0.6 is 15.9 Å². The van der Waals surface area contributed by atoms with Gasteiger partial charge >= 0.3 is 0 Å². The monoisotopic (exact) mass is 266 g/mol. The van der Waals surface area contributed by atoms with E-state index in [1.807, 2.05) is 0 Å². The van der Waals surface area contributed by atoms with Gasteiger partial charge in [0.15, 0.2) is 0 Å². The Labute approximate surface area is 88.1 Å². The highest BCUT2D eigenvalue weighted by molar-refractivity contribution is 9.10. The summed E-state index contributed by atoms with van der Waals surface area (Å²) in [5.41, 5.74) is 5.40. The lowest BCUT2D eigenvalue weighted by Gasteiger charge is -2.09. The molecule has 6 heteroatoms. The van der Waals surface area contributed by atoms with Crippen LogP contribution in [0.3, 0.4) is 0 Å². The van der Waals surface area contributed by atoms with Crippen LogP contribution in [0.1, 0.15) is 23.4 Å². The van der Waals surface area contributed by atoms with Gasteiger partial charge in [-0.3, -0.25) is 0 Å². The van der Waals surface area contributed by atoms with Gasteiger partial charge in [-0.15, -0.1) is 0 Å². The van der Waals surface area contributed by atoms with Crippen LogP contribution in [0.4, 0.5) is 8.78 Å². The molecule has 1 rings (SSSR count). The summed E-state index contributed by atoms with van der Waals surface area (Å²) < 4.78 is 25.4. The molecule has 0 bridgehead atoms. The number of hydrogen-bond acceptors (Lipinski definition) is 3. The Bertz CT molecular complexity index is 333. The lowest BCUT2D eigenvalue weighted by molar-refractivity contribution is 0.144. The second-order valence-electron chi connectivity index (χ2n) is 2.62. The van der Waals surface area contributed by atoms with Crippen molar-refractivity contribution in [2.45, 2.75) is 19.6 Å². The first-order valence-corrected chi connectivity index (χ1v) is 4.66. The van der Waals surface area contributed by atoms with Crippen molar-refractivity contribution in [2.75, 3.05) is 0 Å². The van der Waals surface area contributed by atoms with Gasteiger partial charge in [0, 0.05) is 11.0 Å². The maximum atomic E-state index is 12.4. The summed E-state index contributed by atoms with van der Waals surface area (Å²) in [6.07, 6.45) is -2.67. The van der Waals surface area contributed by atoms with E-state index in [4.69, 9.17) is 10.8 Å². The van der Waals surface area contributed by atoms with Gasteiger partial charge in [0.1, 0.15) is 5.69 Å². The van der Waals surface area contributed by atoms with Crippen molar-refractivity contribution in [1.82, 2.24) is 4.98 Å². The van der Waals surface area contributed by atoms with E-state index >= 15 is 0 Å². The Morgan fingerprint density at radius 1 is 1.57 bits per heavy atom. The molecule has 14 heavy (non-hydrogen) atoms. The molecule has 0 aromatic carbocycles. The molecule has 1 heterocycles. The molecule has 0 aliphatic carbocycles. The van der Waals surface area contributed by atoms with Gasteiger partial charge < -0.3 is 10.8 Å². The minimum Gasteiger partial charge on any atom is -0.390 e. The van der Waals surface area contributed by atoms with E-state index < -0.39 is 6.43 Å². The highest BCUT2D eigenvalue weighted by atomic mass is 79.9. The van der Waals surface area contributed by atoms with Crippen LogP contribution in [-0.4, -0.2) is 10.1 Å². The zero-order chi connectivity index (χ0) is 10.7. The maximum Gasteiger partial charge on any atom is 0.280 e. The Balaban J connectivity index is 3.25. The van der Waals surface area contributed by atoms with Gasteiger partial charge in [-0.2, -0.15) is 0 Å². The number of hydrogen-bond donors (Lipinski definition) is 2. The topological polar surface area (TPSA) is 59.1 Å². The number of pyridine rings is 1. The van der Waals surface area contributed by atoms with Crippen molar-refractivity contribution in [2.24, 2.45) is 5.73 Å². The number of nitrogens with two attached hydrogens (primary N) is 1. The average molecular weight is 267 g/mol.